The molecule has 10 heteroatoms. The van der Waals surface area contributed by atoms with Gasteiger partial charge < -0.3 is 34.4 Å². The summed E-state index contributed by atoms with van der Waals surface area (Å²) in [7, 11) is 0.646. The van der Waals surface area contributed by atoms with E-state index in [-0.39, 0.29) is 6.79 Å². The van der Waals surface area contributed by atoms with E-state index in [2.05, 4.69) is 0 Å². The zero-order valence-electron chi connectivity index (χ0n) is 13.5. The van der Waals surface area contributed by atoms with Gasteiger partial charge in [0.15, 0.2) is 15.8 Å². The number of esters is 1. The molecule has 1 fully saturated rings. The van der Waals surface area contributed by atoms with Crippen LogP contribution in [0.5, 0.6) is 0 Å². The van der Waals surface area contributed by atoms with Gasteiger partial charge in [-0.25, -0.2) is 0 Å². The van der Waals surface area contributed by atoms with Crippen LogP contribution in [-0.4, -0.2) is 76.9 Å². The number of ether oxygens (including phenoxy) is 2. The number of hydrogen-bond acceptors (Lipinski definition) is 9. The van der Waals surface area contributed by atoms with E-state index in [4.69, 9.17) is 18.5 Å². The van der Waals surface area contributed by atoms with Crippen LogP contribution in [0, 0.1) is 5.41 Å². The molecule has 1 aliphatic rings. The second kappa shape index (κ2) is 8.64. The summed E-state index contributed by atoms with van der Waals surface area (Å²) < 4.78 is 20.1. The summed E-state index contributed by atoms with van der Waals surface area (Å²) in [5, 5.41) is 39.0. The van der Waals surface area contributed by atoms with E-state index in [1.807, 2.05) is 0 Å². The zero-order valence-corrected chi connectivity index (χ0v) is 14.5. The maximum Gasteiger partial charge on any atom is 0.313 e. The standard InChI is InChI=1S/C13H25O9P/c1-13(2,3)12(18)20-5-21-23-22-11-9(17)7(15)6(14)8(16)10(11)19-4/h6-11,14-17,23H,5H2,1-4H3. The van der Waals surface area contributed by atoms with Crippen LogP contribution in [0.15, 0.2) is 0 Å². The molecule has 0 aromatic heterocycles. The molecular formula is C13H25O9P. The highest BCUT2D eigenvalue weighted by atomic mass is 31.1. The first-order chi connectivity index (χ1) is 10.6. The first-order valence-electron chi connectivity index (χ1n) is 7.06. The Morgan fingerprint density at radius 2 is 1.52 bits per heavy atom. The summed E-state index contributed by atoms with van der Waals surface area (Å²) in [6, 6.07) is 0. The fraction of sp³-hybridized carbons (Fsp3) is 0.923. The van der Waals surface area contributed by atoms with E-state index in [9.17, 15) is 25.2 Å². The molecule has 0 heterocycles. The lowest BCUT2D eigenvalue weighted by atomic mass is 9.85. The zero-order chi connectivity index (χ0) is 17.8. The van der Waals surface area contributed by atoms with Gasteiger partial charge in [-0.3, -0.25) is 9.32 Å². The molecule has 0 bridgehead atoms. The first-order valence-corrected chi connectivity index (χ1v) is 7.87. The molecule has 7 unspecified atom stereocenters. The Labute approximate surface area is 136 Å². The smallest absolute Gasteiger partial charge is 0.313 e. The van der Waals surface area contributed by atoms with Gasteiger partial charge in [0.05, 0.1) is 5.41 Å². The van der Waals surface area contributed by atoms with Crippen molar-refractivity contribution in [2.45, 2.75) is 57.4 Å². The Hall–Kier alpha value is -0.380. The molecular weight excluding hydrogens is 331 g/mol. The summed E-state index contributed by atoms with van der Waals surface area (Å²) in [6.45, 7) is 4.76. The Bertz CT molecular complexity index is 386. The molecule has 1 saturated carbocycles. The summed E-state index contributed by atoms with van der Waals surface area (Å²) >= 11 is 0. The lowest BCUT2D eigenvalue weighted by Crippen LogP contribution is -2.64. The fourth-order valence-electron chi connectivity index (χ4n) is 2.00. The second-order valence-corrected chi connectivity index (χ2v) is 6.96. The summed E-state index contributed by atoms with van der Waals surface area (Å²) in [5.74, 6) is -0.441. The third kappa shape index (κ3) is 5.30. The number of aliphatic hydroxyl groups is 4. The average molecular weight is 356 g/mol. The van der Waals surface area contributed by atoms with Crippen molar-refractivity contribution in [2.75, 3.05) is 13.9 Å². The molecule has 0 aromatic rings. The third-order valence-electron chi connectivity index (χ3n) is 3.42. The number of carbonyl (C=O) groups excluding carboxylic acids is 1. The maximum atomic E-state index is 11.5. The van der Waals surface area contributed by atoms with Crippen LogP contribution in [0.1, 0.15) is 20.8 Å². The highest BCUT2D eigenvalue weighted by Crippen LogP contribution is 2.31. The van der Waals surface area contributed by atoms with Crippen molar-refractivity contribution >= 4 is 15.0 Å². The van der Waals surface area contributed by atoms with Gasteiger partial charge in [-0.05, 0) is 20.8 Å². The molecule has 0 aliphatic heterocycles. The van der Waals surface area contributed by atoms with Crippen LogP contribution < -0.4 is 0 Å². The van der Waals surface area contributed by atoms with Crippen LogP contribution in [0.2, 0.25) is 0 Å². The summed E-state index contributed by atoms with van der Waals surface area (Å²) in [6.07, 6.45) is -8.17. The van der Waals surface area contributed by atoms with E-state index < -0.39 is 57.0 Å². The molecule has 7 atom stereocenters. The molecule has 23 heavy (non-hydrogen) atoms. The monoisotopic (exact) mass is 356 g/mol. The Kier molecular flexibility index (Phi) is 7.76. The molecule has 0 amide bonds. The van der Waals surface area contributed by atoms with Crippen molar-refractivity contribution in [3.8, 4) is 0 Å². The second-order valence-electron chi connectivity index (χ2n) is 6.27. The minimum atomic E-state index is -1.58. The van der Waals surface area contributed by atoms with E-state index >= 15 is 0 Å². The third-order valence-corrected chi connectivity index (χ3v) is 4.03. The van der Waals surface area contributed by atoms with Crippen molar-refractivity contribution in [3.63, 3.8) is 0 Å². The molecule has 4 N–H and O–H groups in total. The summed E-state index contributed by atoms with van der Waals surface area (Å²) in [5.41, 5.74) is -0.654. The molecule has 0 aromatic carbocycles. The number of carbonyl (C=O) groups is 1. The Balaban J connectivity index is 2.44. The van der Waals surface area contributed by atoms with Crippen LogP contribution in [-0.2, 0) is 23.3 Å². The Morgan fingerprint density at radius 3 is 2.00 bits per heavy atom. The van der Waals surface area contributed by atoms with Crippen LogP contribution in [0.25, 0.3) is 0 Å². The van der Waals surface area contributed by atoms with E-state index in [1.54, 1.807) is 20.8 Å². The van der Waals surface area contributed by atoms with Gasteiger partial charge >= 0.3 is 5.97 Å². The lowest BCUT2D eigenvalue weighted by Gasteiger charge is -2.42. The quantitative estimate of drug-likeness (QED) is 0.203. The lowest BCUT2D eigenvalue weighted by molar-refractivity contribution is -0.223. The number of methoxy groups -OCH3 is 1. The molecule has 0 saturated heterocycles. The van der Waals surface area contributed by atoms with Crippen LogP contribution in [0.4, 0.5) is 0 Å². The molecule has 1 aliphatic carbocycles. The van der Waals surface area contributed by atoms with E-state index in [0.717, 1.165) is 0 Å². The minimum absolute atomic E-state index is 0.331. The first kappa shape index (κ1) is 20.7. The maximum absolute atomic E-state index is 11.5. The van der Waals surface area contributed by atoms with Gasteiger partial charge in [0.25, 0.3) is 0 Å². The molecule has 9 nitrogen and oxygen atoms in total. The number of rotatable bonds is 6. The van der Waals surface area contributed by atoms with Gasteiger partial charge in [0, 0.05) is 7.11 Å². The Morgan fingerprint density at radius 1 is 1.00 bits per heavy atom. The minimum Gasteiger partial charge on any atom is -0.438 e. The van der Waals surface area contributed by atoms with Gasteiger partial charge in [-0.15, -0.1) is 0 Å². The van der Waals surface area contributed by atoms with Crippen molar-refractivity contribution < 1.29 is 43.7 Å². The largest absolute Gasteiger partial charge is 0.438 e. The van der Waals surface area contributed by atoms with Gasteiger partial charge in [-0.2, -0.15) is 0 Å². The molecule has 1 rings (SSSR count). The van der Waals surface area contributed by atoms with Crippen LogP contribution in [0.3, 0.4) is 0 Å². The molecule has 0 spiro atoms. The topological polar surface area (TPSA) is 135 Å². The van der Waals surface area contributed by atoms with Crippen molar-refractivity contribution in [1.29, 1.82) is 0 Å². The van der Waals surface area contributed by atoms with Crippen LogP contribution >= 0.6 is 9.03 Å². The SMILES string of the molecule is COC1C(O)C(O)C(O)C(O)C1OPOCOC(=O)C(C)(C)C. The predicted octanol–water partition coefficient (Wildman–Crippen LogP) is -1.08. The predicted molar refractivity (Wildman–Crippen MR) is 79.5 cm³/mol. The average Bonchev–Trinajstić information content (AvgIpc) is 2.48. The normalized spacial score (nSPS) is 35.7. The van der Waals surface area contributed by atoms with E-state index in [0.29, 0.717) is 0 Å². The summed E-state index contributed by atoms with van der Waals surface area (Å²) in [4.78, 5) is 11.5. The molecule has 0 radical (unpaired) electrons. The van der Waals surface area contributed by atoms with Crippen molar-refractivity contribution in [1.82, 2.24) is 0 Å². The highest BCUT2D eigenvalue weighted by molar-refractivity contribution is 7.26. The van der Waals surface area contributed by atoms with Gasteiger partial charge in [0.2, 0.25) is 0 Å². The van der Waals surface area contributed by atoms with Crippen molar-refractivity contribution in [3.05, 3.63) is 0 Å². The van der Waals surface area contributed by atoms with Gasteiger partial charge in [0.1, 0.15) is 36.6 Å². The van der Waals surface area contributed by atoms with Gasteiger partial charge in [-0.1, -0.05) is 0 Å². The van der Waals surface area contributed by atoms with E-state index in [1.165, 1.54) is 7.11 Å². The highest BCUT2D eigenvalue weighted by Gasteiger charge is 2.50. The van der Waals surface area contributed by atoms with Crippen molar-refractivity contribution in [2.24, 2.45) is 5.41 Å². The number of hydrogen-bond donors (Lipinski definition) is 4. The fourth-order valence-corrected chi connectivity index (χ4v) is 2.56. The molecule has 136 valence electrons. The number of aliphatic hydroxyl groups excluding tert-OH is 4.